The molecule has 124 valence electrons. The normalized spacial score (nSPS) is 7.46. The van der Waals surface area contributed by atoms with E-state index in [1.54, 1.807) is 0 Å². The number of nitrogens with one attached hydrogen (secondary N) is 1. The van der Waals surface area contributed by atoms with Gasteiger partial charge in [-0.3, -0.25) is 0 Å². The molecule has 0 aliphatic carbocycles. The first-order valence-electron chi connectivity index (χ1n) is 6.34. The monoisotopic (exact) mass is 365 g/mol. The van der Waals surface area contributed by atoms with Gasteiger partial charge in [-0.25, -0.2) is 0 Å². The summed E-state index contributed by atoms with van der Waals surface area (Å²) in [5.74, 6) is 0. The molecular formula is C19H16CoNO3. The summed E-state index contributed by atoms with van der Waals surface area (Å²) in [6, 6.07) is 18.6. The molecule has 0 unspecified atom stereocenters. The molecule has 0 bridgehead atoms. The number of rotatable bonds is 5. The summed E-state index contributed by atoms with van der Waals surface area (Å²) < 4.78 is 22.5. The molecule has 4 nitrogen and oxygen atoms in total. The quantitative estimate of drug-likeness (QED) is 0.487. The summed E-state index contributed by atoms with van der Waals surface area (Å²) >= 11 is 0. The van der Waals surface area contributed by atoms with Crippen molar-refractivity contribution in [3.8, 4) is 0 Å². The molecule has 0 saturated carbocycles. The molecule has 0 spiro atoms. The van der Waals surface area contributed by atoms with E-state index in [1.165, 1.54) is 11.1 Å². The van der Waals surface area contributed by atoms with Crippen molar-refractivity contribution in [3.05, 3.63) is 105 Å². The molecule has 24 heavy (non-hydrogen) atoms. The van der Waals surface area contributed by atoms with Gasteiger partial charge in [-0.2, -0.15) is 0 Å². The van der Waals surface area contributed by atoms with Crippen LogP contribution in [0.3, 0.4) is 0 Å². The van der Waals surface area contributed by atoms with Crippen LogP contribution in [0.4, 0.5) is 5.69 Å². The van der Waals surface area contributed by atoms with Crippen LogP contribution in [0.25, 0.3) is 0 Å². The Morgan fingerprint density at radius 2 is 1.29 bits per heavy atom. The van der Waals surface area contributed by atoms with E-state index >= 15 is 0 Å². The Labute approximate surface area is 154 Å². The standard InChI is InChI=1S/C16H16N.3CO.Co/c1-14-9-11-16(12-10-14)17-13-5-8-15-6-3-2-4-7-15;3*1-2;/h2-13,17H,1H3;;;;. The number of anilines is 1. The second kappa shape index (κ2) is 21.0. The summed E-state index contributed by atoms with van der Waals surface area (Å²) in [6.45, 7) is 17.5. The molecule has 0 amide bonds. The first kappa shape index (κ1) is 26.8. The van der Waals surface area contributed by atoms with E-state index in [2.05, 4.69) is 75.0 Å². The smallest absolute Gasteiger partial charge is 0 e. The minimum Gasteiger partial charge on any atom is 0 e. The van der Waals surface area contributed by atoms with E-state index in [4.69, 9.17) is 14.0 Å². The Morgan fingerprint density at radius 3 is 1.79 bits per heavy atom. The maximum Gasteiger partial charge on any atom is 0 e. The van der Waals surface area contributed by atoms with Gasteiger partial charge in [-0.05, 0) is 37.5 Å². The van der Waals surface area contributed by atoms with Crippen LogP contribution in [0.5, 0.6) is 0 Å². The van der Waals surface area contributed by atoms with Crippen LogP contribution in [-0.2, 0) is 30.7 Å². The van der Waals surface area contributed by atoms with Gasteiger partial charge in [0.1, 0.15) is 0 Å². The fourth-order valence-electron chi connectivity index (χ4n) is 1.52. The summed E-state index contributed by atoms with van der Waals surface area (Å²) in [6.07, 6.45) is 4.08. The van der Waals surface area contributed by atoms with E-state index in [1.807, 2.05) is 31.2 Å². The molecule has 2 aromatic rings. The molecule has 2 aromatic carbocycles. The summed E-state index contributed by atoms with van der Waals surface area (Å²) in [5, 5.41) is 3.23. The predicted octanol–water partition coefficient (Wildman–Crippen LogP) is 3.91. The third-order valence-electron chi connectivity index (χ3n) is 2.49. The Morgan fingerprint density at radius 1 is 0.792 bits per heavy atom. The van der Waals surface area contributed by atoms with Gasteiger partial charge < -0.3 is 5.32 Å². The molecule has 5 heteroatoms. The zero-order valence-electron chi connectivity index (χ0n) is 13.0. The summed E-state index contributed by atoms with van der Waals surface area (Å²) in [5.41, 5.74) is 3.58. The van der Waals surface area contributed by atoms with E-state index < -0.39 is 0 Å². The minimum absolute atomic E-state index is 0. The maximum absolute atomic E-state index is 7.50. The number of benzene rings is 2. The van der Waals surface area contributed by atoms with Crippen molar-refractivity contribution in [2.45, 2.75) is 6.92 Å². The molecule has 4 radical (unpaired) electrons. The van der Waals surface area contributed by atoms with Crippen molar-refractivity contribution in [1.82, 2.24) is 0 Å². The van der Waals surface area contributed by atoms with Gasteiger partial charge in [0, 0.05) is 22.5 Å². The Hall–Kier alpha value is -2.03. The first-order valence-corrected chi connectivity index (χ1v) is 6.34. The van der Waals surface area contributed by atoms with E-state index in [-0.39, 0.29) is 16.8 Å². The van der Waals surface area contributed by atoms with Gasteiger partial charge in [0.15, 0.2) is 0 Å². The SMILES string of the molecule is Cc1ccc(N[CH][CH][CH]c2ccccc2)cc1.[C-]#[O+].[C-]#[O+].[C-]#[O+].[Co]. The van der Waals surface area contributed by atoms with Gasteiger partial charge >= 0.3 is 33.9 Å². The Balaban J connectivity index is -0.000000569. The summed E-state index contributed by atoms with van der Waals surface area (Å²) in [4.78, 5) is 0. The molecule has 0 atom stereocenters. The molecule has 0 aromatic heterocycles. The minimum atomic E-state index is 0. The molecule has 2 rings (SSSR count). The molecule has 0 saturated heterocycles. The van der Waals surface area contributed by atoms with Crippen molar-refractivity contribution in [2.24, 2.45) is 0 Å². The largest absolute Gasteiger partial charge is 0 e. The predicted molar refractivity (Wildman–Crippen MR) is 85.0 cm³/mol. The van der Waals surface area contributed by atoms with E-state index in [9.17, 15) is 0 Å². The van der Waals surface area contributed by atoms with Gasteiger partial charge in [-0.15, -0.1) is 0 Å². The van der Waals surface area contributed by atoms with Gasteiger partial charge in [0.25, 0.3) is 0 Å². The van der Waals surface area contributed by atoms with Crippen LogP contribution in [0.15, 0.2) is 54.6 Å². The molecule has 0 aliphatic rings. The maximum atomic E-state index is 7.50. The fraction of sp³-hybridized carbons (Fsp3) is 0.0526. The fourth-order valence-corrected chi connectivity index (χ4v) is 1.52. The molecule has 0 fully saturated rings. The van der Waals surface area contributed by atoms with Crippen LogP contribution in [-0.4, -0.2) is 0 Å². The molecular weight excluding hydrogens is 349 g/mol. The van der Waals surface area contributed by atoms with Crippen molar-refractivity contribution in [3.63, 3.8) is 0 Å². The number of hydrogen-bond donors (Lipinski definition) is 1. The Kier molecular flexibility index (Phi) is 23.5. The van der Waals surface area contributed by atoms with Crippen LogP contribution in [0.1, 0.15) is 11.1 Å². The van der Waals surface area contributed by atoms with Crippen molar-refractivity contribution in [2.75, 3.05) is 5.32 Å². The van der Waals surface area contributed by atoms with Crippen molar-refractivity contribution < 1.29 is 30.7 Å². The van der Waals surface area contributed by atoms with Crippen LogP contribution < -0.4 is 5.32 Å². The van der Waals surface area contributed by atoms with E-state index in [0.29, 0.717) is 0 Å². The third kappa shape index (κ3) is 13.6. The Bertz CT molecular complexity index is 548. The van der Waals surface area contributed by atoms with Crippen molar-refractivity contribution in [1.29, 1.82) is 0 Å². The second-order valence-electron chi connectivity index (χ2n) is 3.95. The van der Waals surface area contributed by atoms with Gasteiger partial charge in [0.2, 0.25) is 0 Å². The van der Waals surface area contributed by atoms with Gasteiger partial charge in [0.05, 0.1) is 6.54 Å². The first-order chi connectivity index (χ1) is 11.3. The zero-order valence-corrected chi connectivity index (χ0v) is 14.0. The van der Waals surface area contributed by atoms with Gasteiger partial charge in [-0.1, -0.05) is 48.0 Å². The molecule has 0 aliphatic heterocycles. The number of hydrogen-bond acceptors (Lipinski definition) is 1. The molecule has 1 N–H and O–H groups in total. The van der Waals surface area contributed by atoms with Crippen LogP contribution >= 0.6 is 0 Å². The summed E-state index contributed by atoms with van der Waals surface area (Å²) in [7, 11) is 0. The van der Waals surface area contributed by atoms with Crippen LogP contribution in [0, 0.1) is 46.3 Å². The average Bonchev–Trinajstić information content (AvgIpc) is 2.66. The second-order valence-corrected chi connectivity index (χ2v) is 3.95. The third-order valence-corrected chi connectivity index (χ3v) is 2.49. The van der Waals surface area contributed by atoms with E-state index in [0.717, 1.165) is 5.69 Å². The number of aryl methyl sites for hydroxylation is 1. The average molecular weight is 365 g/mol. The topological polar surface area (TPSA) is 71.7 Å². The van der Waals surface area contributed by atoms with Crippen LogP contribution in [0.2, 0.25) is 0 Å². The van der Waals surface area contributed by atoms with Crippen molar-refractivity contribution >= 4 is 5.69 Å². The zero-order chi connectivity index (χ0) is 17.9. The molecule has 0 heterocycles.